The number of benzene rings is 1. The number of nitrogens with zero attached hydrogens (tertiary/aromatic N) is 2. The maximum absolute atomic E-state index is 12.6. The third-order valence-electron chi connectivity index (χ3n) is 4.28. The van der Waals surface area contributed by atoms with Gasteiger partial charge in [0, 0.05) is 30.7 Å². The summed E-state index contributed by atoms with van der Waals surface area (Å²) < 4.78 is 0. The van der Waals surface area contributed by atoms with E-state index in [1.807, 2.05) is 4.90 Å². The molecular formula is C15H19ClN2O2. The Labute approximate surface area is 123 Å². The van der Waals surface area contributed by atoms with Crippen LogP contribution in [0.5, 0.6) is 5.75 Å². The first-order valence-electron chi connectivity index (χ1n) is 7.17. The molecule has 1 amide bonds. The van der Waals surface area contributed by atoms with Crippen LogP contribution in [0.15, 0.2) is 18.2 Å². The van der Waals surface area contributed by atoms with Gasteiger partial charge in [0.1, 0.15) is 5.75 Å². The van der Waals surface area contributed by atoms with Crippen molar-refractivity contribution in [2.45, 2.75) is 25.3 Å². The van der Waals surface area contributed by atoms with Gasteiger partial charge in [-0.05, 0) is 44.0 Å². The molecule has 2 fully saturated rings. The van der Waals surface area contributed by atoms with Gasteiger partial charge in [-0.1, -0.05) is 11.6 Å². The number of amides is 1. The predicted molar refractivity (Wildman–Crippen MR) is 78.2 cm³/mol. The van der Waals surface area contributed by atoms with E-state index in [1.54, 1.807) is 12.1 Å². The van der Waals surface area contributed by atoms with E-state index in [1.165, 1.54) is 12.5 Å². The van der Waals surface area contributed by atoms with Crippen LogP contribution < -0.4 is 0 Å². The molecule has 3 rings (SSSR count). The first kappa shape index (κ1) is 13.7. The van der Waals surface area contributed by atoms with E-state index < -0.39 is 0 Å². The third kappa shape index (κ3) is 2.63. The molecule has 1 aromatic rings. The lowest BCUT2D eigenvalue weighted by Crippen LogP contribution is -2.39. The van der Waals surface area contributed by atoms with Gasteiger partial charge in [0.05, 0.1) is 5.56 Å². The molecule has 0 aromatic heterocycles. The molecule has 0 bridgehead atoms. The van der Waals surface area contributed by atoms with Crippen LogP contribution >= 0.6 is 11.6 Å². The number of hydrogen-bond donors (Lipinski definition) is 1. The number of carbonyl (C=O) groups excluding carboxylic acids is 1. The third-order valence-corrected chi connectivity index (χ3v) is 4.51. The van der Waals surface area contributed by atoms with Crippen LogP contribution in [0.4, 0.5) is 0 Å². The van der Waals surface area contributed by atoms with Crippen LogP contribution in [0.25, 0.3) is 0 Å². The highest BCUT2D eigenvalue weighted by Crippen LogP contribution is 2.26. The molecule has 2 aliphatic rings. The van der Waals surface area contributed by atoms with Gasteiger partial charge in [0.15, 0.2) is 0 Å². The van der Waals surface area contributed by atoms with E-state index in [0.717, 1.165) is 39.0 Å². The van der Waals surface area contributed by atoms with Crippen LogP contribution in [-0.4, -0.2) is 53.0 Å². The molecular weight excluding hydrogens is 276 g/mol. The quantitative estimate of drug-likeness (QED) is 0.865. The lowest BCUT2D eigenvalue weighted by atomic mass is 10.1. The van der Waals surface area contributed by atoms with Gasteiger partial charge in [0.2, 0.25) is 0 Å². The van der Waals surface area contributed by atoms with Crippen molar-refractivity contribution in [3.8, 4) is 5.75 Å². The summed E-state index contributed by atoms with van der Waals surface area (Å²) in [6.45, 7) is 3.72. The number of rotatable bonds is 1. The van der Waals surface area contributed by atoms with E-state index in [0.29, 0.717) is 16.6 Å². The largest absolute Gasteiger partial charge is 0.507 e. The zero-order valence-electron chi connectivity index (χ0n) is 11.4. The van der Waals surface area contributed by atoms with Crippen LogP contribution in [0.1, 0.15) is 29.6 Å². The average molecular weight is 295 g/mol. The van der Waals surface area contributed by atoms with Crippen molar-refractivity contribution in [3.05, 3.63) is 28.8 Å². The van der Waals surface area contributed by atoms with Crippen molar-refractivity contribution >= 4 is 17.5 Å². The zero-order valence-corrected chi connectivity index (χ0v) is 12.1. The van der Waals surface area contributed by atoms with E-state index in [-0.39, 0.29) is 11.7 Å². The summed E-state index contributed by atoms with van der Waals surface area (Å²) in [6, 6.07) is 5.10. The molecule has 1 unspecified atom stereocenters. The number of phenols is 1. The first-order chi connectivity index (χ1) is 9.65. The van der Waals surface area contributed by atoms with Crippen molar-refractivity contribution in [1.82, 2.24) is 9.80 Å². The van der Waals surface area contributed by atoms with Crippen molar-refractivity contribution in [2.24, 2.45) is 0 Å². The summed E-state index contributed by atoms with van der Waals surface area (Å²) in [5, 5.41) is 10.4. The summed E-state index contributed by atoms with van der Waals surface area (Å²) >= 11 is 5.93. The number of fused-ring (bicyclic) bond motifs is 1. The van der Waals surface area contributed by atoms with Crippen molar-refractivity contribution in [3.63, 3.8) is 0 Å². The fraction of sp³-hybridized carbons (Fsp3) is 0.533. The lowest BCUT2D eigenvalue weighted by Gasteiger charge is -2.26. The fourth-order valence-electron chi connectivity index (χ4n) is 3.24. The first-order valence-corrected chi connectivity index (χ1v) is 7.55. The summed E-state index contributed by atoms with van der Waals surface area (Å²) in [5.74, 6) is -0.106. The van der Waals surface area contributed by atoms with Crippen LogP contribution in [0.3, 0.4) is 0 Å². The molecule has 1 aromatic carbocycles. The van der Waals surface area contributed by atoms with Gasteiger partial charge >= 0.3 is 0 Å². The number of halogens is 1. The second-order valence-electron chi connectivity index (χ2n) is 5.60. The molecule has 1 atom stereocenters. The molecule has 2 heterocycles. The minimum absolute atomic E-state index is 0.00641. The summed E-state index contributed by atoms with van der Waals surface area (Å²) in [6.07, 6.45) is 3.37. The Hall–Kier alpha value is -1.26. The van der Waals surface area contributed by atoms with Crippen LogP contribution in [0, 0.1) is 0 Å². The van der Waals surface area contributed by atoms with Gasteiger partial charge in [0.25, 0.3) is 5.91 Å². The maximum atomic E-state index is 12.6. The second-order valence-corrected chi connectivity index (χ2v) is 6.03. The van der Waals surface area contributed by atoms with Crippen molar-refractivity contribution < 1.29 is 9.90 Å². The molecule has 108 valence electrons. The highest BCUT2D eigenvalue weighted by molar-refractivity contribution is 6.31. The van der Waals surface area contributed by atoms with Gasteiger partial charge in [-0.15, -0.1) is 0 Å². The summed E-state index contributed by atoms with van der Waals surface area (Å²) in [4.78, 5) is 16.9. The summed E-state index contributed by atoms with van der Waals surface area (Å²) in [7, 11) is 0. The van der Waals surface area contributed by atoms with Gasteiger partial charge in [-0.25, -0.2) is 0 Å². The molecule has 5 heteroatoms. The Morgan fingerprint density at radius 3 is 2.90 bits per heavy atom. The van der Waals surface area contributed by atoms with E-state index in [4.69, 9.17) is 11.6 Å². The number of aromatic hydroxyl groups is 1. The van der Waals surface area contributed by atoms with Gasteiger partial charge < -0.3 is 10.0 Å². The molecule has 2 saturated heterocycles. The Morgan fingerprint density at radius 1 is 1.25 bits per heavy atom. The molecule has 2 aliphatic heterocycles. The van der Waals surface area contributed by atoms with Gasteiger partial charge in [-0.2, -0.15) is 0 Å². The highest BCUT2D eigenvalue weighted by Gasteiger charge is 2.31. The topological polar surface area (TPSA) is 43.8 Å². The molecule has 4 nitrogen and oxygen atoms in total. The molecule has 20 heavy (non-hydrogen) atoms. The predicted octanol–water partition coefficient (Wildman–Crippen LogP) is 2.36. The number of carbonyl (C=O) groups is 1. The number of phenolic OH excluding ortho intramolecular Hbond substituents is 1. The molecule has 0 saturated carbocycles. The standard InChI is InChI=1S/C15H19ClN2O2/c16-11-4-5-14(19)13(9-11)15(20)18-8-2-7-17-6-1-3-12(17)10-18/h4-5,9,12,19H,1-3,6-8,10H2. The Balaban J connectivity index is 1.80. The normalized spacial score (nSPS) is 23.4. The van der Waals surface area contributed by atoms with Crippen LogP contribution in [0.2, 0.25) is 5.02 Å². The molecule has 0 radical (unpaired) electrons. The number of hydrogen-bond acceptors (Lipinski definition) is 3. The fourth-order valence-corrected chi connectivity index (χ4v) is 3.41. The minimum atomic E-state index is -0.112. The van der Waals surface area contributed by atoms with Crippen LogP contribution in [-0.2, 0) is 0 Å². The molecule has 0 spiro atoms. The van der Waals surface area contributed by atoms with Crippen molar-refractivity contribution in [2.75, 3.05) is 26.2 Å². The molecule has 0 aliphatic carbocycles. The Kier molecular flexibility index (Phi) is 3.85. The lowest BCUT2D eigenvalue weighted by molar-refractivity contribution is 0.0740. The maximum Gasteiger partial charge on any atom is 0.257 e. The van der Waals surface area contributed by atoms with Gasteiger partial charge in [-0.3, -0.25) is 9.69 Å². The van der Waals surface area contributed by atoms with E-state index in [2.05, 4.69) is 4.90 Å². The highest BCUT2D eigenvalue weighted by atomic mass is 35.5. The SMILES string of the molecule is O=C(c1cc(Cl)ccc1O)N1CCCN2CCCC2C1. The van der Waals surface area contributed by atoms with E-state index in [9.17, 15) is 9.90 Å². The summed E-state index contributed by atoms with van der Waals surface area (Å²) in [5.41, 5.74) is 0.309. The van der Waals surface area contributed by atoms with Crippen molar-refractivity contribution in [1.29, 1.82) is 0 Å². The monoisotopic (exact) mass is 294 g/mol. The second kappa shape index (κ2) is 5.62. The Bertz CT molecular complexity index is 521. The zero-order chi connectivity index (χ0) is 14.1. The molecule has 1 N–H and O–H groups in total. The average Bonchev–Trinajstić information content (AvgIpc) is 2.78. The minimum Gasteiger partial charge on any atom is -0.507 e. The smallest absolute Gasteiger partial charge is 0.257 e. The van der Waals surface area contributed by atoms with E-state index >= 15 is 0 Å². The Morgan fingerprint density at radius 2 is 2.05 bits per heavy atom.